The molecule has 2 aromatic heterocycles. The van der Waals surface area contributed by atoms with E-state index in [4.69, 9.17) is 5.73 Å². The summed E-state index contributed by atoms with van der Waals surface area (Å²) in [4.78, 5) is 24.7. The van der Waals surface area contributed by atoms with Gasteiger partial charge in [0.05, 0.1) is 18.4 Å². The molecule has 0 aliphatic heterocycles. The van der Waals surface area contributed by atoms with Crippen molar-refractivity contribution in [2.24, 2.45) is 11.0 Å². The van der Waals surface area contributed by atoms with E-state index in [2.05, 4.69) is 30.8 Å². The fourth-order valence-corrected chi connectivity index (χ4v) is 4.45. The van der Waals surface area contributed by atoms with Crippen molar-refractivity contribution in [3.63, 3.8) is 0 Å². The van der Waals surface area contributed by atoms with Gasteiger partial charge in [-0.3, -0.25) is 4.79 Å². The molecule has 4 unspecified atom stereocenters. The number of imidazole rings is 1. The third-order valence-electron chi connectivity index (χ3n) is 6.22. The predicted molar refractivity (Wildman–Crippen MR) is 116 cm³/mol. The summed E-state index contributed by atoms with van der Waals surface area (Å²) in [6.45, 7) is 1.74. The minimum Gasteiger partial charge on any atom is -0.388 e. The number of aliphatic hydroxyl groups excluding tert-OH is 2. The van der Waals surface area contributed by atoms with Gasteiger partial charge < -0.3 is 25.8 Å². The van der Waals surface area contributed by atoms with Gasteiger partial charge in [0.1, 0.15) is 17.7 Å². The Bertz CT molecular complexity index is 955. The summed E-state index contributed by atoms with van der Waals surface area (Å²) in [5.74, 6) is 0.713. The van der Waals surface area contributed by atoms with E-state index in [-0.39, 0.29) is 17.7 Å². The van der Waals surface area contributed by atoms with Crippen LogP contribution in [0, 0.1) is 5.92 Å². The van der Waals surface area contributed by atoms with Crippen LogP contribution >= 0.6 is 0 Å². The number of nitrogens with zero attached hydrogens (tertiary/aromatic N) is 5. The number of anilines is 2. The number of rotatable bonds is 6. The lowest BCUT2D eigenvalue weighted by atomic mass is 9.90. The molecule has 0 spiro atoms. The van der Waals surface area contributed by atoms with Gasteiger partial charge in [0, 0.05) is 12.6 Å². The summed E-state index contributed by atoms with van der Waals surface area (Å²) in [5, 5.41) is 28.1. The molecule has 6 N–H and O–H groups in total. The first-order valence-corrected chi connectivity index (χ1v) is 10.9. The van der Waals surface area contributed by atoms with Crippen LogP contribution in [0.1, 0.15) is 57.9 Å². The van der Waals surface area contributed by atoms with Gasteiger partial charge in [-0.15, -0.1) is 0 Å². The van der Waals surface area contributed by atoms with E-state index in [1.165, 1.54) is 25.6 Å². The molecular weight excluding hydrogens is 400 g/mol. The van der Waals surface area contributed by atoms with Gasteiger partial charge in [0.15, 0.2) is 11.5 Å². The molecule has 31 heavy (non-hydrogen) atoms. The van der Waals surface area contributed by atoms with Gasteiger partial charge in [0.25, 0.3) is 0 Å². The average molecular weight is 431 g/mol. The Kier molecular flexibility index (Phi) is 6.33. The van der Waals surface area contributed by atoms with Crippen LogP contribution in [-0.2, 0) is 4.79 Å². The van der Waals surface area contributed by atoms with E-state index in [9.17, 15) is 15.0 Å². The van der Waals surface area contributed by atoms with E-state index >= 15 is 0 Å². The number of aliphatic hydroxyl groups is 2. The topological polar surface area (TPSA) is 164 Å². The monoisotopic (exact) mass is 430 g/mol. The van der Waals surface area contributed by atoms with Crippen LogP contribution in [0.5, 0.6) is 0 Å². The zero-order valence-corrected chi connectivity index (χ0v) is 17.6. The van der Waals surface area contributed by atoms with Crippen LogP contribution in [0.4, 0.5) is 11.8 Å². The number of aromatic nitrogens is 4. The molecule has 2 aromatic rings. The molecule has 2 aliphatic carbocycles. The van der Waals surface area contributed by atoms with Gasteiger partial charge in [0.2, 0.25) is 11.9 Å². The van der Waals surface area contributed by atoms with Crippen molar-refractivity contribution >= 4 is 35.1 Å². The summed E-state index contributed by atoms with van der Waals surface area (Å²) in [6, 6.07) is -1.07. The highest BCUT2D eigenvalue weighted by Crippen LogP contribution is 2.34. The van der Waals surface area contributed by atoms with E-state index in [1.807, 2.05) is 6.21 Å². The second-order valence-corrected chi connectivity index (χ2v) is 8.36. The third kappa shape index (κ3) is 4.47. The van der Waals surface area contributed by atoms with Crippen molar-refractivity contribution in [2.45, 2.75) is 76.2 Å². The summed E-state index contributed by atoms with van der Waals surface area (Å²) < 4.78 is 1.68. The number of carbonyl (C=O) groups is 1. The van der Waals surface area contributed by atoms with Crippen LogP contribution < -0.4 is 16.5 Å². The Morgan fingerprint density at radius 2 is 2.06 bits per heavy atom. The molecule has 0 aromatic carbocycles. The number of nitrogens with two attached hydrogens (primary N) is 1. The van der Waals surface area contributed by atoms with Gasteiger partial charge >= 0.3 is 0 Å². The lowest BCUT2D eigenvalue weighted by Crippen LogP contribution is -2.42. The Labute approximate surface area is 180 Å². The Morgan fingerprint density at radius 3 is 2.81 bits per heavy atom. The molecule has 2 fully saturated rings. The maximum absolute atomic E-state index is 11.7. The third-order valence-corrected chi connectivity index (χ3v) is 6.22. The SMILES string of the molecule is CCC(=O)NC1CC(n2cnc3c(N)nc(NN=CC4CCCCC4)nc32)C(O)C1O. The normalized spacial score (nSPS) is 27.2. The van der Waals surface area contributed by atoms with Crippen LogP contribution in [0.3, 0.4) is 0 Å². The minimum atomic E-state index is -1.09. The van der Waals surface area contributed by atoms with E-state index in [0.29, 0.717) is 29.9 Å². The fourth-order valence-electron chi connectivity index (χ4n) is 4.45. The van der Waals surface area contributed by atoms with Crippen molar-refractivity contribution < 1.29 is 15.0 Å². The number of hydrogen-bond acceptors (Lipinski definition) is 9. The Balaban J connectivity index is 1.54. The molecule has 168 valence electrons. The highest BCUT2D eigenvalue weighted by atomic mass is 16.3. The lowest BCUT2D eigenvalue weighted by molar-refractivity contribution is -0.122. The van der Waals surface area contributed by atoms with E-state index in [0.717, 1.165) is 12.8 Å². The zero-order chi connectivity index (χ0) is 22.0. The first-order chi connectivity index (χ1) is 15.0. The summed E-state index contributed by atoms with van der Waals surface area (Å²) in [5.41, 5.74) is 9.76. The van der Waals surface area contributed by atoms with Crippen LogP contribution in [0.15, 0.2) is 11.4 Å². The minimum absolute atomic E-state index is 0.179. The molecule has 0 saturated heterocycles. The molecule has 2 heterocycles. The molecule has 2 aliphatic rings. The Hall–Kier alpha value is -2.79. The second kappa shape index (κ2) is 9.15. The highest BCUT2D eigenvalue weighted by molar-refractivity contribution is 5.83. The molecular formula is C20H30N8O3. The molecule has 11 heteroatoms. The fraction of sp³-hybridized carbons (Fsp3) is 0.650. The number of fused-ring (bicyclic) bond motifs is 1. The first-order valence-electron chi connectivity index (χ1n) is 10.9. The number of nitrogen functional groups attached to an aromatic ring is 1. The smallest absolute Gasteiger partial charge is 0.247 e. The van der Waals surface area contributed by atoms with Crippen LogP contribution in [0.2, 0.25) is 0 Å². The Morgan fingerprint density at radius 1 is 1.29 bits per heavy atom. The number of amides is 1. The predicted octanol–water partition coefficient (Wildman–Crippen LogP) is 0.948. The second-order valence-electron chi connectivity index (χ2n) is 8.36. The zero-order valence-electron chi connectivity index (χ0n) is 17.6. The van der Waals surface area contributed by atoms with E-state index < -0.39 is 24.3 Å². The quantitative estimate of drug-likeness (QED) is 0.334. The van der Waals surface area contributed by atoms with Crippen molar-refractivity contribution in [1.29, 1.82) is 0 Å². The summed E-state index contributed by atoms with van der Waals surface area (Å²) in [7, 11) is 0. The number of hydrogen-bond donors (Lipinski definition) is 5. The van der Waals surface area contributed by atoms with Gasteiger partial charge in [-0.1, -0.05) is 26.2 Å². The summed E-state index contributed by atoms with van der Waals surface area (Å²) >= 11 is 0. The number of carbonyl (C=O) groups excluding carboxylic acids is 1. The molecule has 4 rings (SSSR count). The largest absolute Gasteiger partial charge is 0.388 e. The number of hydrazone groups is 1. The maximum Gasteiger partial charge on any atom is 0.247 e. The van der Waals surface area contributed by atoms with Gasteiger partial charge in [-0.2, -0.15) is 15.1 Å². The molecule has 1 amide bonds. The molecule has 0 bridgehead atoms. The maximum atomic E-state index is 11.7. The summed E-state index contributed by atoms with van der Waals surface area (Å²) in [6.07, 6.45) is 7.89. The number of nitrogens with one attached hydrogen (secondary N) is 2. The van der Waals surface area contributed by atoms with Crippen molar-refractivity contribution in [3.8, 4) is 0 Å². The van der Waals surface area contributed by atoms with Crippen molar-refractivity contribution in [1.82, 2.24) is 24.8 Å². The highest BCUT2D eigenvalue weighted by Gasteiger charge is 2.43. The van der Waals surface area contributed by atoms with Crippen molar-refractivity contribution in [3.05, 3.63) is 6.33 Å². The molecule has 2 saturated carbocycles. The van der Waals surface area contributed by atoms with Crippen LogP contribution in [-0.4, -0.2) is 60.1 Å². The van der Waals surface area contributed by atoms with Gasteiger partial charge in [-0.05, 0) is 25.2 Å². The lowest BCUT2D eigenvalue weighted by Gasteiger charge is -2.18. The average Bonchev–Trinajstić information content (AvgIpc) is 3.31. The van der Waals surface area contributed by atoms with Gasteiger partial charge in [-0.25, -0.2) is 10.4 Å². The van der Waals surface area contributed by atoms with Crippen molar-refractivity contribution in [2.75, 3.05) is 11.2 Å². The molecule has 0 radical (unpaired) electrons. The van der Waals surface area contributed by atoms with Crippen LogP contribution in [0.25, 0.3) is 11.2 Å². The standard InChI is InChI=1S/C20H30N8O3/c1-2-14(29)24-12-8-13(17(31)16(12)30)28-10-22-15-18(21)25-20(26-19(15)28)27-23-9-11-6-4-3-5-7-11/h9-13,16-17,30-31H,2-8H2,1H3,(H,24,29)(H3,21,25,26,27). The first kappa shape index (κ1) is 21.4. The molecule has 11 nitrogen and oxygen atoms in total. The van der Waals surface area contributed by atoms with E-state index in [1.54, 1.807) is 11.5 Å². The molecule has 4 atom stereocenters.